The summed E-state index contributed by atoms with van der Waals surface area (Å²) in [5.74, 6) is 6.30. The molecule has 1 aliphatic heterocycles. The van der Waals surface area contributed by atoms with Crippen molar-refractivity contribution in [2.24, 2.45) is 0 Å². The van der Waals surface area contributed by atoms with E-state index in [1.165, 1.54) is 5.57 Å². The summed E-state index contributed by atoms with van der Waals surface area (Å²) in [6, 6.07) is 5.94. The number of rotatable bonds is 0. The van der Waals surface area contributed by atoms with Crippen LogP contribution in [-0.4, -0.2) is 16.1 Å². The number of hydrogen-bond acceptors (Lipinski definition) is 2. The monoisotopic (exact) mass is 268 g/mol. The molecule has 0 aliphatic carbocycles. The molecule has 0 aromatic carbocycles. The minimum atomic E-state index is 0.136. The summed E-state index contributed by atoms with van der Waals surface area (Å²) in [6.45, 7) is 11.0. The van der Waals surface area contributed by atoms with Gasteiger partial charge in [-0.25, -0.2) is 4.98 Å². The summed E-state index contributed by atoms with van der Waals surface area (Å²) in [6.07, 6.45) is 4.17. The van der Waals surface area contributed by atoms with E-state index in [1.807, 2.05) is 25.1 Å². The second-order valence-electron chi connectivity index (χ2n) is 6.98. The number of pyridine rings is 1. The van der Waals surface area contributed by atoms with Crippen molar-refractivity contribution in [3.63, 3.8) is 0 Å². The van der Waals surface area contributed by atoms with Gasteiger partial charge in [-0.2, -0.15) is 0 Å². The van der Waals surface area contributed by atoms with Crippen molar-refractivity contribution < 1.29 is 0 Å². The first-order chi connectivity index (χ1) is 9.26. The largest absolute Gasteiger partial charge is 0.306 e. The van der Waals surface area contributed by atoms with Gasteiger partial charge in [0.05, 0.1) is 0 Å². The number of nitrogens with zero attached hydrogens (tertiary/aromatic N) is 1. The SMILES string of the molecule is Cc1cccc(C#CC=C2CC(C)(C)NC(C)(C)C2)n1. The van der Waals surface area contributed by atoms with E-state index >= 15 is 0 Å². The van der Waals surface area contributed by atoms with Crippen LogP contribution in [0.4, 0.5) is 0 Å². The van der Waals surface area contributed by atoms with E-state index in [1.54, 1.807) is 0 Å². The zero-order valence-electron chi connectivity index (χ0n) is 13.2. The molecule has 0 bridgehead atoms. The molecule has 1 N–H and O–H groups in total. The van der Waals surface area contributed by atoms with Crippen molar-refractivity contribution in [3.8, 4) is 11.8 Å². The van der Waals surface area contributed by atoms with Gasteiger partial charge in [-0.1, -0.05) is 17.6 Å². The van der Waals surface area contributed by atoms with Gasteiger partial charge in [0.1, 0.15) is 5.69 Å². The lowest BCUT2D eigenvalue weighted by Gasteiger charge is -2.43. The van der Waals surface area contributed by atoms with Crippen LogP contribution >= 0.6 is 0 Å². The summed E-state index contributed by atoms with van der Waals surface area (Å²) >= 11 is 0. The van der Waals surface area contributed by atoms with E-state index in [0.717, 1.165) is 24.2 Å². The Morgan fingerprint density at radius 2 is 1.80 bits per heavy atom. The van der Waals surface area contributed by atoms with Crippen molar-refractivity contribution in [2.45, 2.75) is 58.5 Å². The van der Waals surface area contributed by atoms with Crippen LogP contribution in [-0.2, 0) is 0 Å². The lowest BCUT2D eigenvalue weighted by atomic mass is 9.79. The fourth-order valence-electron chi connectivity index (χ4n) is 3.13. The summed E-state index contributed by atoms with van der Waals surface area (Å²) < 4.78 is 0. The molecule has 106 valence electrons. The van der Waals surface area contributed by atoms with Crippen molar-refractivity contribution in [1.82, 2.24) is 10.3 Å². The number of hydrogen-bond donors (Lipinski definition) is 1. The van der Waals surface area contributed by atoms with Crippen LogP contribution in [0.2, 0.25) is 0 Å². The normalized spacial score (nSPS) is 19.9. The van der Waals surface area contributed by atoms with Gasteiger partial charge < -0.3 is 5.32 Å². The van der Waals surface area contributed by atoms with Crippen LogP contribution in [0.15, 0.2) is 29.8 Å². The molecule has 20 heavy (non-hydrogen) atoms. The summed E-state index contributed by atoms with van der Waals surface area (Å²) in [4.78, 5) is 4.40. The molecule has 0 spiro atoms. The van der Waals surface area contributed by atoms with E-state index in [-0.39, 0.29) is 11.1 Å². The molecule has 1 aromatic heterocycles. The second kappa shape index (κ2) is 5.42. The number of allylic oxidation sites excluding steroid dienone is 1. The van der Waals surface area contributed by atoms with Gasteiger partial charge in [-0.05, 0) is 71.6 Å². The minimum Gasteiger partial charge on any atom is -0.306 e. The van der Waals surface area contributed by atoms with Crippen molar-refractivity contribution >= 4 is 0 Å². The van der Waals surface area contributed by atoms with E-state index in [2.05, 4.69) is 55.9 Å². The fourth-order valence-corrected chi connectivity index (χ4v) is 3.13. The highest BCUT2D eigenvalue weighted by molar-refractivity contribution is 5.34. The maximum Gasteiger partial charge on any atom is 0.113 e. The third kappa shape index (κ3) is 4.21. The molecule has 1 aliphatic rings. The topological polar surface area (TPSA) is 24.9 Å². The van der Waals surface area contributed by atoms with Crippen molar-refractivity contribution in [1.29, 1.82) is 0 Å². The standard InChI is InChI=1S/C18H24N2/c1-14-8-6-10-16(19-14)11-7-9-15-12-17(2,3)20-18(4,5)13-15/h6,8-10,20H,12-13H2,1-5H3. The molecule has 0 atom stereocenters. The highest BCUT2D eigenvalue weighted by atomic mass is 15.0. The molecule has 1 aromatic rings. The zero-order valence-corrected chi connectivity index (χ0v) is 13.2. The van der Waals surface area contributed by atoms with E-state index in [9.17, 15) is 0 Å². The lowest BCUT2D eigenvalue weighted by molar-refractivity contribution is 0.223. The third-order valence-corrected chi connectivity index (χ3v) is 3.38. The van der Waals surface area contributed by atoms with Crippen LogP contribution in [0, 0.1) is 18.8 Å². The van der Waals surface area contributed by atoms with E-state index in [0.29, 0.717) is 0 Å². The van der Waals surface area contributed by atoms with Crippen LogP contribution in [0.3, 0.4) is 0 Å². The molecular formula is C18H24N2. The fraction of sp³-hybridized carbons (Fsp3) is 0.500. The second-order valence-corrected chi connectivity index (χ2v) is 6.98. The Morgan fingerprint density at radius 1 is 1.15 bits per heavy atom. The van der Waals surface area contributed by atoms with Gasteiger partial charge in [-0.3, -0.25) is 0 Å². The first-order valence-electron chi connectivity index (χ1n) is 7.18. The Hall–Kier alpha value is -1.59. The molecule has 0 radical (unpaired) electrons. The van der Waals surface area contributed by atoms with Gasteiger partial charge in [0, 0.05) is 16.8 Å². The molecule has 0 amide bonds. The molecule has 1 fully saturated rings. The Labute approximate surface area is 122 Å². The lowest BCUT2D eigenvalue weighted by Crippen LogP contribution is -2.55. The number of piperidine rings is 1. The molecular weight excluding hydrogens is 244 g/mol. The molecule has 2 nitrogen and oxygen atoms in total. The molecule has 0 unspecified atom stereocenters. The first kappa shape index (κ1) is 14.8. The van der Waals surface area contributed by atoms with Gasteiger partial charge in [-0.15, -0.1) is 0 Å². The Morgan fingerprint density at radius 3 is 2.40 bits per heavy atom. The molecule has 2 rings (SSSR count). The van der Waals surface area contributed by atoms with Crippen LogP contribution in [0.1, 0.15) is 51.9 Å². The number of aromatic nitrogens is 1. The van der Waals surface area contributed by atoms with Crippen molar-refractivity contribution in [2.75, 3.05) is 0 Å². The quantitative estimate of drug-likeness (QED) is 0.727. The van der Waals surface area contributed by atoms with Crippen LogP contribution < -0.4 is 5.32 Å². The minimum absolute atomic E-state index is 0.136. The number of aryl methyl sites for hydroxylation is 1. The van der Waals surface area contributed by atoms with E-state index in [4.69, 9.17) is 0 Å². The van der Waals surface area contributed by atoms with Gasteiger partial charge >= 0.3 is 0 Å². The average molecular weight is 268 g/mol. The molecule has 2 heteroatoms. The maximum absolute atomic E-state index is 4.40. The molecule has 0 saturated carbocycles. The van der Waals surface area contributed by atoms with Crippen LogP contribution in [0.25, 0.3) is 0 Å². The maximum atomic E-state index is 4.40. The Bertz CT molecular complexity index is 565. The predicted octanol–water partition coefficient (Wildman–Crippen LogP) is 3.61. The molecule has 2 heterocycles. The first-order valence-corrected chi connectivity index (χ1v) is 7.18. The Kier molecular flexibility index (Phi) is 4.01. The van der Waals surface area contributed by atoms with Crippen LogP contribution in [0.5, 0.6) is 0 Å². The zero-order chi connectivity index (χ0) is 14.8. The van der Waals surface area contributed by atoms with Crippen molar-refractivity contribution in [3.05, 3.63) is 41.2 Å². The third-order valence-electron chi connectivity index (χ3n) is 3.38. The summed E-state index contributed by atoms with van der Waals surface area (Å²) in [7, 11) is 0. The van der Waals surface area contributed by atoms with Gasteiger partial charge in [0.2, 0.25) is 0 Å². The summed E-state index contributed by atoms with van der Waals surface area (Å²) in [5.41, 5.74) is 3.54. The highest BCUT2D eigenvalue weighted by Crippen LogP contribution is 2.31. The molecule has 1 saturated heterocycles. The number of nitrogens with one attached hydrogen (secondary N) is 1. The highest BCUT2D eigenvalue weighted by Gasteiger charge is 2.34. The Balaban J connectivity index is 2.16. The smallest absolute Gasteiger partial charge is 0.113 e. The predicted molar refractivity (Wildman–Crippen MR) is 84.5 cm³/mol. The van der Waals surface area contributed by atoms with E-state index < -0.39 is 0 Å². The van der Waals surface area contributed by atoms with Gasteiger partial charge in [0.15, 0.2) is 0 Å². The average Bonchev–Trinajstić information content (AvgIpc) is 2.24. The summed E-state index contributed by atoms with van der Waals surface area (Å²) in [5, 5.41) is 3.68. The van der Waals surface area contributed by atoms with Gasteiger partial charge in [0.25, 0.3) is 0 Å².